The lowest BCUT2D eigenvalue weighted by atomic mass is 9.96. The molecule has 0 aliphatic carbocycles. The van der Waals surface area contributed by atoms with Gasteiger partial charge in [-0.2, -0.15) is 65.9 Å². The monoisotopic (exact) mass is 1040 g/mol. The van der Waals surface area contributed by atoms with E-state index in [2.05, 4.69) is 0 Å². The molecule has 19 heteroatoms. The zero-order valence-electron chi connectivity index (χ0n) is 37.7. The van der Waals surface area contributed by atoms with Gasteiger partial charge < -0.3 is 4.57 Å². The third kappa shape index (κ3) is 10.0. The molecule has 0 saturated carbocycles. The highest BCUT2D eigenvalue weighted by Crippen LogP contribution is 2.45. The summed E-state index contributed by atoms with van der Waals surface area (Å²) in [5.41, 5.74) is -6.88. The van der Waals surface area contributed by atoms with Crippen LogP contribution >= 0.6 is 0 Å². The quantitative estimate of drug-likeness (QED) is 0.149. The topological polar surface area (TPSA) is 43.6 Å². The highest BCUT2D eigenvalue weighted by Gasteiger charge is 2.39. The molecule has 0 aliphatic heterocycles. The van der Waals surface area contributed by atoms with Gasteiger partial charge in [-0.25, -0.2) is 15.0 Å². The van der Waals surface area contributed by atoms with Gasteiger partial charge in [-0.3, -0.25) is 0 Å². The van der Waals surface area contributed by atoms with Gasteiger partial charge in [0, 0.05) is 33.2 Å². The van der Waals surface area contributed by atoms with Crippen molar-refractivity contribution < 1.29 is 65.9 Å². The largest absolute Gasteiger partial charge is 0.416 e. The fraction of sp³-hybridized carbons (Fsp3) is 0.0893. The third-order valence-corrected chi connectivity index (χ3v) is 12.3. The number of halogens is 15. The summed E-state index contributed by atoms with van der Waals surface area (Å²) in [6.45, 7) is 0. The van der Waals surface area contributed by atoms with Gasteiger partial charge in [-0.05, 0) is 118 Å². The standard InChI is InChI=1S/C56H29F15N4/c57-52(58,59)37-13-7-12-34(20-37)43-17-16-42(29-46(43)51-73-49(30-8-3-1-4-9-30)72-50(74-51)31-10-5-2-6-11-31)75-47-18-14-32(35-21-38(53(60,61)62)27-39(22-35)54(63,64)65)25-44(47)45-26-33(15-19-48(45)75)36-23-40(55(66,67)68)28-41(24-36)56(69,70)71/h1-29H. The molecule has 0 saturated heterocycles. The van der Waals surface area contributed by atoms with Gasteiger partial charge in [0.2, 0.25) is 0 Å². The van der Waals surface area contributed by atoms with Crippen LogP contribution in [0.3, 0.4) is 0 Å². The van der Waals surface area contributed by atoms with Crippen molar-refractivity contribution in [2.24, 2.45) is 0 Å². The van der Waals surface area contributed by atoms with Crippen molar-refractivity contribution in [3.8, 4) is 73.2 Å². The van der Waals surface area contributed by atoms with Crippen LogP contribution in [-0.2, 0) is 30.9 Å². The molecule has 0 bridgehead atoms. The fourth-order valence-corrected chi connectivity index (χ4v) is 8.80. The summed E-state index contributed by atoms with van der Waals surface area (Å²) in [4.78, 5) is 14.4. The Labute approximate surface area is 414 Å². The Kier molecular flexibility index (Phi) is 12.1. The minimum atomic E-state index is -5.23. The van der Waals surface area contributed by atoms with Gasteiger partial charge in [-0.1, -0.05) is 91.0 Å². The second-order valence-corrected chi connectivity index (χ2v) is 17.2. The second-order valence-electron chi connectivity index (χ2n) is 17.2. The summed E-state index contributed by atoms with van der Waals surface area (Å²) < 4.78 is 214. The first kappa shape index (κ1) is 50.1. The number of hydrogen-bond donors (Lipinski definition) is 0. The maximum absolute atomic E-state index is 14.3. The Bertz CT molecular complexity index is 3560. The molecule has 0 unspecified atom stereocenters. The number of aromatic nitrogens is 4. The number of rotatable bonds is 7. The lowest BCUT2D eigenvalue weighted by Gasteiger charge is -2.17. The molecule has 0 amide bonds. The molecule has 75 heavy (non-hydrogen) atoms. The van der Waals surface area contributed by atoms with Crippen LogP contribution in [0.5, 0.6) is 0 Å². The van der Waals surface area contributed by atoms with E-state index in [-0.39, 0.29) is 84.9 Å². The summed E-state index contributed by atoms with van der Waals surface area (Å²) in [6, 6.07) is 35.9. The molecule has 2 heterocycles. The summed E-state index contributed by atoms with van der Waals surface area (Å²) in [5, 5.41) is 0.138. The van der Waals surface area contributed by atoms with Crippen molar-refractivity contribution in [1.82, 2.24) is 19.5 Å². The first-order chi connectivity index (χ1) is 35.3. The van der Waals surface area contributed by atoms with Gasteiger partial charge >= 0.3 is 30.9 Å². The van der Waals surface area contributed by atoms with Crippen LogP contribution in [0.2, 0.25) is 0 Å². The highest BCUT2D eigenvalue weighted by atomic mass is 19.4. The number of fused-ring (bicyclic) bond motifs is 3. The normalized spacial score (nSPS) is 12.7. The van der Waals surface area contributed by atoms with Gasteiger partial charge in [0.1, 0.15) is 0 Å². The fourth-order valence-electron chi connectivity index (χ4n) is 8.80. The van der Waals surface area contributed by atoms with Crippen LogP contribution in [0.25, 0.3) is 95.0 Å². The SMILES string of the molecule is FC(F)(F)c1cccc(-c2ccc(-n3c4ccc(-c5cc(C(F)(F)F)cc(C(F)(F)F)c5)cc4c4cc(-c5cc(C(F)(F)F)cc(C(F)(F)F)c5)ccc43)cc2-c2nc(-c3ccccc3)nc(-c3ccccc3)n2)c1. The van der Waals surface area contributed by atoms with Gasteiger partial charge in [0.15, 0.2) is 17.5 Å². The highest BCUT2D eigenvalue weighted by molar-refractivity contribution is 6.12. The molecule has 0 N–H and O–H groups in total. The lowest BCUT2D eigenvalue weighted by molar-refractivity contribution is -0.144. The van der Waals surface area contributed by atoms with Gasteiger partial charge in [-0.15, -0.1) is 0 Å². The molecule has 4 nitrogen and oxygen atoms in total. The molecule has 0 fully saturated rings. The van der Waals surface area contributed by atoms with Crippen molar-refractivity contribution in [2.45, 2.75) is 30.9 Å². The maximum atomic E-state index is 14.3. The van der Waals surface area contributed by atoms with E-state index in [0.717, 1.165) is 12.1 Å². The first-order valence-electron chi connectivity index (χ1n) is 22.2. The molecule has 10 rings (SSSR count). The van der Waals surface area contributed by atoms with E-state index in [4.69, 9.17) is 15.0 Å². The van der Waals surface area contributed by atoms with Crippen LogP contribution in [0, 0.1) is 0 Å². The molecule has 8 aromatic carbocycles. The minimum Gasteiger partial charge on any atom is -0.309 e. The Morgan fingerprint density at radius 3 is 1.07 bits per heavy atom. The number of hydrogen-bond acceptors (Lipinski definition) is 3. The van der Waals surface area contributed by atoms with Crippen LogP contribution < -0.4 is 0 Å². The molecule has 378 valence electrons. The first-order valence-corrected chi connectivity index (χ1v) is 22.2. The number of alkyl halides is 15. The number of nitrogens with zero attached hydrogens (tertiary/aromatic N) is 4. The molecular formula is C56H29F15N4. The summed E-state index contributed by atoms with van der Waals surface area (Å²) in [5.74, 6) is 0.309. The van der Waals surface area contributed by atoms with Crippen LogP contribution in [-0.4, -0.2) is 19.5 Å². The summed E-state index contributed by atoms with van der Waals surface area (Å²) >= 11 is 0. The van der Waals surface area contributed by atoms with Gasteiger partial charge in [0.05, 0.1) is 38.9 Å². The van der Waals surface area contributed by atoms with E-state index in [1.165, 1.54) is 66.7 Å². The van der Waals surface area contributed by atoms with Crippen LogP contribution in [0.15, 0.2) is 176 Å². The average molecular weight is 1040 g/mol. The Balaban J connectivity index is 1.27. The van der Waals surface area contributed by atoms with Crippen molar-refractivity contribution in [1.29, 1.82) is 0 Å². The lowest BCUT2D eigenvalue weighted by Crippen LogP contribution is -2.11. The maximum Gasteiger partial charge on any atom is 0.416 e. The van der Waals surface area contributed by atoms with E-state index < -0.39 is 69.8 Å². The Hall–Kier alpha value is -8.48. The second kappa shape index (κ2) is 18.2. The van der Waals surface area contributed by atoms with Crippen molar-refractivity contribution in [3.05, 3.63) is 204 Å². The van der Waals surface area contributed by atoms with Crippen molar-refractivity contribution in [3.63, 3.8) is 0 Å². The Morgan fingerprint density at radius 1 is 0.267 bits per heavy atom. The molecule has 2 aromatic heterocycles. The minimum absolute atomic E-state index is 0.0302. The molecule has 0 aliphatic rings. The molecule has 0 radical (unpaired) electrons. The summed E-state index contributed by atoms with van der Waals surface area (Å²) in [6.07, 6.45) is -25.7. The Morgan fingerprint density at radius 2 is 0.653 bits per heavy atom. The van der Waals surface area contributed by atoms with E-state index in [1.807, 2.05) is 0 Å². The summed E-state index contributed by atoms with van der Waals surface area (Å²) in [7, 11) is 0. The molecule has 0 atom stereocenters. The zero-order valence-corrected chi connectivity index (χ0v) is 37.7. The van der Waals surface area contributed by atoms with E-state index in [1.54, 1.807) is 65.2 Å². The van der Waals surface area contributed by atoms with E-state index in [0.29, 0.717) is 35.4 Å². The van der Waals surface area contributed by atoms with E-state index >= 15 is 0 Å². The predicted molar refractivity (Wildman–Crippen MR) is 252 cm³/mol. The van der Waals surface area contributed by atoms with Crippen molar-refractivity contribution >= 4 is 21.8 Å². The van der Waals surface area contributed by atoms with Gasteiger partial charge in [0.25, 0.3) is 0 Å². The van der Waals surface area contributed by atoms with Crippen LogP contribution in [0.1, 0.15) is 27.8 Å². The molecule has 0 spiro atoms. The zero-order chi connectivity index (χ0) is 53.4. The smallest absolute Gasteiger partial charge is 0.309 e. The average Bonchev–Trinajstić information content (AvgIpc) is 3.72. The van der Waals surface area contributed by atoms with E-state index in [9.17, 15) is 65.9 Å². The third-order valence-electron chi connectivity index (χ3n) is 12.3. The van der Waals surface area contributed by atoms with Crippen LogP contribution in [0.4, 0.5) is 65.9 Å². The predicted octanol–water partition coefficient (Wildman–Crippen LogP) is 18.1. The van der Waals surface area contributed by atoms with Crippen molar-refractivity contribution in [2.75, 3.05) is 0 Å². The molecule has 10 aromatic rings. The molecular weight excluding hydrogens is 1010 g/mol. The number of benzene rings is 8.